The van der Waals surface area contributed by atoms with Gasteiger partial charge in [0.15, 0.2) is 16.8 Å². The predicted octanol–water partition coefficient (Wildman–Crippen LogP) is 3.23. The second kappa shape index (κ2) is 10.4. The Balaban J connectivity index is 1.50. The summed E-state index contributed by atoms with van der Waals surface area (Å²) in [6.45, 7) is -0.518. The average Bonchev–Trinajstić information content (AvgIpc) is 3.33. The fourth-order valence-corrected chi connectivity index (χ4v) is 6.50. The molecule has 1 atom stereocenters. The van der Waals surface area contributed by atoms with E-state index in [0.29, 0.717) is 23.5 Å². The summed E-state index contributed by atoms with van der Waals surface area (Å²) in [7, 11) is -4.20. The number of sulfonamides is 1. The summed E-state index contributed by atoms with van der Waals surface area (Å²) in [5.41, 5.74) is 0. The van der Waals surface area contributed by atoms with E-state index in [9.17, 15) is 26.8 Å². The summed E-state index contributed by atoms with van der Waals surface area (Å²) >= 11 is 1.27. The number of piperazine rings is 1. The zero-order chi connectivity index (χ0) is 24.3. The highest BCUT2D eigenvalue weighted by atomic mass is 32.2. The molecule has 12 heteroatoms. The molecule has 0 radical (unpaired) electrons. The molecule has 2 heterocycles. The molecule has 1 aromatic carbocycles. The molecule has 1 saturated heterocycles. The van der Waals surface area contributed by atoms with Crippen molar-refractivity contribution in [2.75, 3.05) is 25.0 Å². The normalized spacial score (nSPS) is 19.2. The molecule has 1 aromatic heterocycles. The van der Waals surface area contributed by atoms with E-state index in [1.165, 1.54) is 16.2 Å². The first-order valence-electron chi connectivity index (χ1n) is 11.2. The molecule has 1 aliphatic carbocycles. The van der Waals surface area contributed by atoms with Crippen LogP contribution >= 0.6 is 11.3 Å². The number of halogens is 2. The van der Waals surface area contributed by atoms with E-state index >= 15 is 0 Å². The smallest absolute Gasteiger partial charge is 0.248 e. The van der Waals surface area contributed by atoms with Crippen LogP contribution in [0.25, 0.3) is 0 Å². The van der Waals surface area contributed by atoms with Crippen LogP contribution in [0, 0.1) is 17.6 Å². The molecule has 4 rings (SSSR count). The maximum atomic E-state index is 13.6. The van der Waals surface area contributed by atoms with Crippen molar-refractivity contribution in [2.24, 2.45) is 5.92 Å². The van der Waals surface area contributed by atoms with Gasteiger partial charge < -0.3 is 10.2 Å². The van der Waals surface area contributed by atoms with Crippen LogP contribution in [0.1, 0.15) is 38.5 Å². The second-order valence-corrected chi connectivity index (χ2v) is 11.4. The molecule has 1 aliphatic heterocycles. The zero-order valence-corrected chi connectivity index (χ0v) is 20.1. The summed E-state index contributed by atoms with van der Waals surface area (Å²) in [6, 6.07) is 1.57. The van der Waals surface area contributed by atoms with Gasteiger partial charge in [-0.3, -0.25) is 9.59 Å². The number of amides is 2. The number of nitrogens with zero attached hydrogens (tertiary/aromatic N) is 3. The number of benzene rings is 1. The maximum Gasteiger partial charge on any atom is 0.248 e. The lowest BCUT2D eigenvalue weighted by atomic mass is 9.84. The number of nitrogens with one attached hydrogen (secondary N) is 1. The van der Waals surface area contributed by atoms with Gasteiger partial charge in [0.1, 0.15) is 6.04 Å². The molecule has 184 valence electrons. The second-order valence-electron chi connectivity index (χ2n) is 8.58. The van der Waals surface area contributed by atoms with E-state index in [2.05, 4.69) is 10.3 Å². The van der Waals surface area contributed by atoms with Crippen LogP contribution in [0.5, 0.6) is 0 Å². The van der Waals surface area contributed by atoms with E-state index in [1.54, 1.807) is 11.6 Å². The fraction of sp³-hybridized carbons (Fsp3) is 0.500. The first-order chi connectivity index (χ1) is 16.3. The van der Waals surface area contributed by atoms with Gasteiger partial charge in [0.05, 0.1) is 11.4 Å². The monoisotopic (exact) mass is 512 g/mol. The Labute approximate surface area is 201 Å². The largest absolute Gasteiger partial charge is 0.328 e. The minimum Gasteiger partial charge on any atom is -0.328 e. The van der Waals surface area contributed by atoms with Gasteiger partial charge in [-0.25, -0.2) is 22.2 Å². The van der Waals surface area contributed by atoms with Crippen molar-refractivity contribution < 1.29 is 26.8 Å². The first-order valence-corrected chi connectivity index (χ1v) is 13.5. The highest BCUT2D eigenvalue weighted by molar-refractivity contribution is 7.89. The number of carbonyl (C=O) groups is 2. The van der Waals surface area contributed by atoms with Crippen LogP contribution in [-0.2, 0) is 19.6 Å². The highest BCUT2D eigenvalue weighted by Crippen LogP contribution is 2.30. The number of aromatic nitrogens is 1. The SMILES string of the molecule is O=C(Nc1nccs1)[C@H](CC1CCCCC1)N1CCN(S(=O)(=O)c2ccc(F)c(F)c2)CC1=O. The molecule has 0 spiro atoms. The molecule has 0 unspecified atom stereocenters. The minimum atomic E-state index is -4.20. The maximum absolute atomic E-state index is 13.6. The van der Waals surface area contributed by atoms with E-state index in [1.807, 2.05) is 0 Å². The average molecular weight is 513 g/mol. The standard InChI is InChI=1S/C22H26F2N4O4S2/c23-17-7-6-16(13-18(17)24)34(31,32)27-9-10-28(20(29)14-27)19(12-15-4-2-1-3-5-15)21(30)26-22-25-8-11-33-22/h6-8,11,13,15,19H,1-5,9-10,12,14H2,(H,25,26,30)/t19-/m0/s1. The van der Waals surface area contributed by atoms with Gasteiger partial charge in [-0.05, 0) is 30.5 Å². The molecule has 1 N–H and O–H groups in total. The van der Waals surface area contributed by atoms with E-state index in [4.69, 9.17) is 0 Å². The molecular formula is C22H26F2N4O4S2. The molecule has 2 amide bonds. The van der Waals surface area contributed by atoms with Crippen LogP contribution in [0.15, 0.2) is 34.7 Å². The lowest BCUT2D eigenvalue weighted by Gasteiger charge is -2.39. The Morgan fingerprint density at radius 2 is 1.94 bits per heavy atom. The molecule has 2 aromatic rings. The van der Waals surface area contributed by atoms with Crippen molar-refractivity contribution in [3.8, 4) is 0 Å². The zero-order valence-electron chi connectivity index (χ0n) is 18.5. The molecule has 1 saturated carbocycles. The topological polar surface area (TPSA) is 99.7 Å². The lowest BCUT2D eigenvalue weighted by Crippen LogP contribution is -2.58. The summed E-state index contributed by atoms with van der Waals surface area (Å²) in [4.78, 5) is 31.3. The number of rotatable bonds is 7. The Bertz CT molecular complexity index is 1140. The fourth-order valence-electron chi connectivity index (χ4n) is 4.57. The van der Waals surface area contributed by atoms with Gasteiger partial charge >= 0.3 is 0 Å². The van der Waals surface area contributed by atoms with Gasteiger partial charge in [-0.1, -0.05) is 32.1 Å². The minimum absolute atomic E-state index is 0.0183. The van der Waals surface area contributed by atoms with E-state index in [-0.39, 0.29) is 19.0 Å². The first kappa shape index (κ1) is 24.7. The van der Waals surface area contributed by atoms with Gasteiger partial charge in [0.25, 0.3) is 0 Å². The number of carbonyl (C=O) groups excluding carboxylic acids is 2. The van der Waals surface area contributed by atoms with Crippen molar-refractivity contribution in [3.05, 3.63) is 41.4 Å². The van der Waals surface area contributed by atoms with Crippen molar-refractivity contribution in [2.45, 2.75) is 49.5 Å². The summed E-state index contributed by atoms with van der Waals surface area (Å²) in [6.07, 6.45) is 7.37. The molecular weight excluding hydrogens is 486 g/mol. The number of anilines is 1. The van der Waals surface area contributed by atoms with Crippen molar-refractivity contribution >= 4 is 38.3 Å². The van der Waals surface area contributed by atoms with Crippen molar-refractivity contribution in [3.63, 3.8) is 0 Å². The highest BCUT2D eigenvalue weighted by Gasteiger charge is 2.39. The van der Waals surface area contributed by atoms with Crippen LogP contribution in [0.4, 0.5) is 13.9 Å². The van der Waals surface area contributed by atoms with Crippen molar-refractivity contribution in [1.29, 1.82) is 0 Å². The molecule has 0 bridgehead atoms. The van der Waals surface area contributed by atoms with Gasteiger partial charge in [0.2, 0.25) is 21.8 Å². The molecule has 2 aliphatic rings. The van der Waals surface area contributed by atoms with E-state index < -0.39 is 45.0 Å². The van der Waals surface area contributed by atoms with Crippen LogP contribution in [0.3, 0.4) is 0 Å². The summed E-state index contributed by atoms with van der Waals surface area (Å²) in [5, 5.41) is 4.94. The third kappa shape index (κ3) is 5.44. The quantitative estimate of drug-likeness (QED) is 0.614. The Morgan fingerprint density at radius 1 is 1.18 bits per heavy atom. The van der Waals surface area contributed by atoms with Crippen molar-refractivity contribution in [1.82, 2.24) is 14.2 Å². The Hall–Kier alpha value is -2.44. The number of hydrogen-bond acceptors (Lipinski definition) is 6. The third-order valence-corrected chi connectivity index (χ3v) is 8.90. The predicted molar refractivity (Wildman–Crippen MR) is 123 cm³/mol. The molecule has 2 fully saturated rings. The summed E-state index contributed by atoms with van der Waals surface area (Å²) < 4.78 is 53.6. The van der Waals surface area contributed by atoms with Crippen LogP contribution < -0.4 is 5.32 Å². The molecule has 8 nitrogen and oxygen atoms in total. The third-order valence-electron chi connectivity index (χ3n) is 6.37. The van der Waals surface area contributed by atoms with E-state index in [0.717, 1.165) is 48.5 Å². The van der Waals surface area contributed by atoms with Crippen LogP contribution in [-0.4, -0.2) is 60.1 Å². The Kier molecular flexibility index (Phi) is 7.58. The number of thiazole rings is 1. The lowest BCUT2D eigenvalue weighted by molar-refractivity contribution is -0.142. The Morgan fingerprint density at radius 3 is 2.59 bits per heavy atom. The van der Waals surface area contributed by atoms with Gasteiger partial charge in [-0.2, -0.15) is 4.31 Å². The van der Waals surface area contributed by atoms with Gasteiger partial charge in [-0.15, -0.1) is 11.3 Å². The van der Waals surface area contributed by atoms with Crippen LogP contribution in [0.2, 0.25) is 0 Å². The summed E-state index contributed by atoms with van der Waals surface area (Å²) in [5.74, 6) is -2.98. The molecule has 34 heavy (non-hydrogen) atoms. The number of hydrogen-bond donors (Lipinski definition) is 1. The van der Waals surface area contributed by atoms with Gasteiger partial charge in [0, 0.05) is 24.7 Å².